The second-order valence-corrected chi connectivity index (χ2v) is 6.10. The molecule has 0 spiro atoms. The van der Waals surface area contributed by atoms with E-state index >= 15 is 0 Å². The predicted octanol–water partition coefficient (Wildman–Crippen LogP) is 4.83. The molecule has 0 aliphatic heterocycles. The van der Waals surface area contributed by atoms with Crippen molar-refractivity contribution in [1.29, 1.82) is 0 Å². The molecule has 3 heteroatoms. The average molecular weight is 357 g/mol. The van der Waals surface area contributed by atoms with E-state index in [2.05, 4.69) is 43.8 Å². The fraction of sp³-hybridized carbons (Fsp3) is 1.00. The predicted molar refractivity (Wildman–Crippen MR) is 82.0 cm³/mol. The van der Waals surface area contributed by atoms with Crippen LogP contribution in [-0.4, -0.2) is 35.7 Å². The van der Waals surface area contributed by atoms with Gasteiger partial charge in [-0.25, -0.2) is 0 Å². The Labute approximate surface area is 119 Å². The van der Waals surface area contributed by atoms with E-state index in [1.54, 1.807) is 0 Å². The lowest BCUT2D eigenvalue weighted by molar-refractivity contribution is 0.315. The number of alkyl halides is 2. The van der Waals surface area contributed by atoms with Crippen LogP contribution in [0.5, 0.6) is 0 Å². The van der Waals surface area contributed by atoms with Crippen LogP contribution in [0.4, 0.5) is 0 Å². The Morgan fingerprint density at radius 3 is 1.38 bits per heavy atom. The summed E-state index contributed by atoms with van der Waals surface area (Å²) in [6, 6.07) is 0. The van der Waals surface area contributed by atoms with E-state index in [9.17, 15) is 0 Å². The number of halogens is 2. The lowest BCUT2D eigenvalue weighted by atomic mass is 10.2. The monoisotopic (exact) mass is 355 g/mol. The summed E-state index contributed by atoms with van der Waals surface area (Å²) in [4.78, 5) is 2.49. The fourth-order valence-electron chi connectivity index (χ4n) is 1.77. The van der Waals surface area contributed by atoms with Gasteiger partial charge >= 0.3 is 0 Å². The van der Waals surface area contributed by atoms with Gasteiger partial charge in [0, 0.05) is 10.7 Å². The van der Waals surface area contributed by atoms with Crippen LogP contribution < -0.4 is 0 Å². The quantitative estimate of drug-likeness (QED) is 0.357. The van der Waals surface area contributed by atoms with Gasteiger partial charge in [0.05, 0.1) is 0 Å². The van der Waals surface area contributed by atoms with Gasteiger partial charge in [-0.2, -0.15) is 0 Å². The highest BCUT2D eigenvalue weighted by Gasteiger charge is 1.98. The number of rotatable bonds is 12. The van der Waals surface area contributed by atoms with Crippen molar-refractivity contribution in [2.24, 2.45) is 0 Å². The largest absolute Gasteiger partial charge is 0.306 e. The molecule has 0 fully saturated rings. The van der Waals surface area contributed by atoms with Crippen LogP contribution in [0.2, 0.25) is 0 Å². The molecule has 0 aromatic rings. The zero-order valence-corrected chi connectivity index (χ0v) is 13.9. The minimum Gasteiger partial charge on any atom is -0.306 e. The van der Waals surface area contributed by atoms with Gasteiger partial charge in [-0.1, -0.05) is 57.5 Å². The summed E-state index contributed by atoms with van der Waals surface area (Å²) in [7, 11) is 2.26. The number of nitrogens with zero attached hydrogens (tertiary/aromatic N) is 1. The molecule has 0 aliphatic rings. The molecule has 0 N–H and O–H groups in total. The van der Waals surface area contributed by atoms with E-state index < -0.39 is 0 Å². The Morgan fingerprint density at radius 2 is 1.00 bits per heavy atom. The summed E-state index contributed by atoms with van der Waals surface area (Å²) in [5.74, 6) is 0. The Morgan fingerprint density at radius 1 is 0.625 bits per heavy atom. The maximum atomic E-state index is 3.47. The Balaban J connectivity index is 3.09. The SMILES string of the molecule is CN(CCCCCCBr)CCCCCCBr. The van der Waals surface area contributed by atoms with Crippen molar-refractivity contribution in [3.05, 3.63) is 0 Å². The highest BCUT2D eigenvalue weighted by molar-refractivity contribution is 9.09. The topological polar surface area (TPSA) is 3.24 Å². The van der Waals surface area contributed by atoms with Crippen molar-refractivity contribution >= 4 is 31.9 Å². The molecule has 0 rings (SSSR count). The van der Waals surface area contributed by atoms with Crippen LogP contribution in [-0.2, 0) is 0 Å². The van der Waals surface area contributed by atoms with Gasteiger partial charge < -0.3 is 4.90 Å². The minimum absolute atomic E-state index is 1.16. The molecule has 0 saturated heterocycles. The maximum Gasteiger partial charge on any atom is 0.00313 e. The molecule has 0 aromatic carbocycles. The summed E-state index contributed by atoms with van der Waals surface area (Å²) in [5, 5.41) is 2.33. The molecule has 0 unspecified atom stereocenters. The van der Waals surface area contributed by atoms with Crippen LogP contribution in [0.3, 0.4) is 0 Å². The summed E-state index contributed by atoms with van der Waals surface area (Å²) >= 11 is 6.94. The zero-order chi connectivity index (χ0) is 12.1. The highest BCUT2D eigenvalue weighted by Crippen LogP contribution is 2.05. The summed E-state index contributed by atoms with van der Waals surface area (Å²) in [6.45, 7) is 2.56. The molecule has 0 saturated carbocycles. The summed E-state index contributed by atoms with van der Waals surface area (Å²) < 4.78 is 0. The third kappa shape index (κ3) is 13.0. The van der Waals surface area contributed by atoms with E-state index in [0.29, 0.717) is 0 Å². The third-order valence-electron chi connectivity index (χ3n) is 2.85. The van der Waals surface area contributed by atoms with Crippen LogP contribution in [0.25, 0.3) is 0 Å². The van der Waals surface area contributed by atoms with Gasteiger partial charge in [-0.05, 0) is 45.8 Å². The first-order chi connectivity index (χ1) is 7.81. The molecule has 0 aromatic heterocycles. The molecule has 98 valence electrons. The standard InChI is InChI=1S/C13H27Br2N/c1-16(12-8-4-2-6-10-14)13-9-5-3-7-11-15/h2-13H2,1H3. The maximum absolute atomic E-state index is 3.47. The van der Waals surface area contributed by atoms with Gasteiger partial charge in [0.1, 0.15) is 0 Å². The van der Waals surface area contributed by atoms with Gasteiger partial charge in [-0.15, -0.1) is 0 Å². The van der Waals surface area contributed by atoms with Gasteiger partial charge in [0.25, 0.3) is 0 Å². The molecule has 0 atom stereocenters. The second kappa shape index (κ2) is 14.0. The highest BCUT2D eigenvalue weighted by atomic mass is 79.9. The Kier molecular flexibility index (Phi) is 14.8. The van der Waals surface area contributed by atoms with Gasteiger partial charge in [0.2, 0.25) is 0 Å². The first-order valence-corrected chi connectivity index (χ1v) is 8.86. The van der Waals surface area contributed by atoms with Crippen molar-refractivity contribution in [3.8, 4) is 0 Å². The molecule has 0 amide bonds. The molecule has 0 radical (unpaired) electrons. The van der Waals surface area contributed by atoms with Crippen LogP contribution in [0, 0.1) is 0 Å². The van der Waals surface area contributed by atoms with Crippen LogP contribution in [0.1, 0.15) is 51.4 Å². The molecule has 16 heavy (non-hydrogen) atoms. The fourth-order valence-corrected chi connectivity index (χ4v) is 2.56. The van der Waals surface area contributed by atoms with Crippen LogP contribution >= 0.6 is 31.9 Å². The zero-order valence-electron chi connectivity index (χ0n) is 10.7. The smallest absolute Gasteiger partial charge is 0.00313 e. The van der Waals surface area contributed by atoms with Crippen molar-refractivity contribution in [2.45, 2.75) is 51.4 Å². The minimum atomic E-state index is 1.16. The summed E-state index contributed by atoms with van der Waals surface area (Å²) in [6.07, 6.45) is 10.9. The third-order valence-corrected chi connectivity index (χ3v) is 3.97. The van der Waals surface area contributed by atoms with Crippen LogP contribution in [0.15, 0.2) is 0 Å². The van der Waals surface area contributed by atoms with Crippen molar-refractivity contribution in [3.63, 3.8) is 0 Å². The molecular formula is C13H27Br2N. The number of hydrogen-bond acceptors (Lipinski definition) is 1. The molecular weight excluding hydrogens is 330 g/mol. The first kappa shape index (κ1) is 16.9. The first-order valence-electron chi connectivity index (χ1n) is 6.61. The van der Waals surface area contributed by atoms with E-state index in [1.165, 1.54) is 64.5 Å². The van der Waals surface area contributed by atoms with Crippen molar-refractivity contribution in [1.82, 2.24) is 4.90 Å². The number of hydrogen-bond donors (Lipinski definition) is 0. The molecule has 0 heterocycles. The van der Waals surface area contributed by atoms with Gasteiger partial charge in [0.15, 0.2) is 0 Å². The number of unbranched alkanes of at least 4 members (excludes halogenated alkanes) is 6. The molecule has 0 aliphatic carbocycles. The molecule has 0 bridgehead atoms. The van der Waals surface area contributed by atoms with E-state index in [-0.39, 0.29) is 0 Å². The normalized spacial score (nSPS) is 11.2. The lowest BCUT2D eigenvalue weighted by Crippen LogP contribution is -2.20. The van der Waals surface area contributed by atoms with E-state index in [4.69, 9.17) is 0 Å². The molecule has 1 nitrogen and oxygen atoms in total. The van der Waals surface area contributed by atoms with Crippen molar-refractivity contribution in [2.75, 3.05) is 30.8 Å². The second-order valence-electron chi connectivity index (χ2n) is 4.51. The van der Waals surface area contributed by atoms with E-state index in [0.717, 1.165) is 10.7 Å². The van der Waals surface area contributed by atoms with Gasteiger partial charge in [-0.3, -0.25) is 0 Å². The average Bonchev–Trinajstić information content (AvgIpc) is 2.28. The lowest BCUT2D eigenvalue weighted by Gasteiger charge is -2.16. The van der Waals surface area contributed by atoms with E-state index in [1.807, 2.05) is 0 Å². The Bertz CT molecular complexity index is 117. The van der Waals surface area contributed by atoms with Crippen molar-refractivity contribution < 1.29 is 0 Å². The Hall–Kier alpha value is 0.920. The summed E-state index contributed by atoms with van der Waals surface area (Å²) in [5.41, 5.74) is 0.